The van der Waals surface area contributed by atoms with E-state index in [0.29, 0.717) is 0 Å². The molecule has 23 heavy (non-hydrogen) atoms. The zero-order chi connectivity index (χ0) is 16.2. The molecule has 1 aliphatic rings. The average molecular weight is 314 g/mol. The molecule has 1 heterocycles. The second kappa shape index (κ2) is 6.89. The fraction of sp³-hybridized carbons (Fsp3) is 0.278. The molecule has 1 amide bonds. The van der Waals surface area contributed by atoms with Crippen LogP contribution < -0.4 is 10.6 Å². The van der Waals surface area contributed by atoms with E-state index in [0.717, 1.165) is 24.1 Å². The van der Waals surface area contributed by atoms with Crippen LogP contribution in [0.1, 0.15) is 28.8 Å². The number of aliphatic hydroxyl groups excluding tert-OH is 1. The molecule has 2 atom stereocenters. The fourth-order valence-corrected chi connectivity index (χ4v) is 2.89. The van der Waals surface area contributed by atoms with Crippen molar-refractivity contribution in [3.8, 4) is 0 Å². The first-order chi connectivity index (χ1) is 11.2. The Morgan fingerprint density at radius 1 is 1.26 bits per heavy atom. The Bertz CT molecular complexity index is 705. The molecule has 1 aliphatic heterocycles. The second-order valence-corrected chi connectivity index (χ2v) is 5.62. The third-order valence-electron chi connectivity index (χ3n) is 4.10. The molecule has 0 radical (unpaired) electrons. The van der Waals surface area contributed by atoms with Crippen molar-refractivity contribution in [1.29, 1.82) is 0 Å². The normalized spacial score (nSPS) is 18.1. The van der Waals surface area contributed by atoms with Crippen molar-refractivity contribution in [2.75, 3.05) is 13.1 Å². The Morgan fingerprint density at radius 2 is 2.00 bits per heavy atom. The molecule has 3 rings (SSSR count). The largest absolute Gasteiger partial charge is 0.386 e. The van der Waals surface area contributed by atoms with Gasteiger partial charge in [-0.25, -0.2) is 4.39 Å². The van der Waals surface area contributed by atoms with Gasteiger partial charge in [0.05, 0.1) is 6.10 Å². The number of hydrogen-bond acceptors (Lipinski definition) is 3. The third-order valence-corrected chi connectivity index (χ3v) is 4.10. The minimum absolute atomic E-state index is 0.0277. The second-order valence-electron chi connectivity index (χ2n) is 5.62. The first-order valence-corrected chi connectivity index (χ1v) is 7.68. The maximum absolute atomic E-state index is 13.6. The van der Waals surface area contributed by atoms with Crippen LogP contribution in [0.3, 0.4) is 0 Å². The average Bonchev–Trinajstić information content (AvgIpc) is 2.59. The highest BCUT2D eigenvalue weighted by Crippen LogP contribution is 2.23. The molecule has 2 aromatic rings. The number of amides is 1. The van der Waals surface area contributed by atoms with Gasteiger partial charge in [0.1, 0.15) is 11.9 Å². The Hall–Kier alpha value is -2.24. The number of carbonyl (C=O) groups is 1. The summed E-state index contributed by atoms with van der Waals surface area (Å²) >= 11 is 0. The van der Waals surface area contributed by atoms with E-state index in [1.165, 1.54) is 12.1 Å². The Labute approximate surface area is 134 Å². The van der Waals surface area contributed by atoms with Gasteiger partial charge in [0.25, 0.3) is 0 Å². The lowest BCUT2D eigenvalue weighted by Gasteiger charge is -2.26. The third kappa shape index (κ3) is 3.41. The summed E-state index contributed by atoms with van der Waals surface area (Å²) in [6.45, 7) is 0.699. The van der Waals surface area contributed by atoms with Crippen LogP contribution in [0.15, 0.2) is 48.5 Å². The zero-order valence-corrected chi connectivity index (χ0v) is 12.6. The first-order valence-electron chi connectivity index (χ1n) is 7.68. The van der Waals surface area contributed by atoms with Crippen molar-refractivity contribution in [2.45, 2.75) is 18.6 Å². The Kier molecular flexibility index (Phi) is 4.69. The van der Waals surface area contributed by atoms with E-state index >= 15 is 0 Å². The monoisotopic (exact) mass is 314 g/mol. The number of hydrogen-bond donors (Lipinski definition) is 3. The van der Waals surface area contributed by atoms with Crippen molar-refractivity contribution in [1.82, 2.24) is 10.6 Å². The number of benzene rings is 2. The van der Waals surface area contributed by atoms with Crippen molar-refractivity contribution in [2.24, 2.45) is 0 Å². The first kappa shape index (κ1) is 15.6. The molecule has 0 saturated carbocycles. The zero-order valence-electron chi connectivity index (χ0n) is 12.6. The van der Waals surface area contributed by atoms with E-state index in [2.05, 4.69) is 10.6 Å². The van der Waals surface area contributed by atoms with Crippen LogP contribution in [0.2, 0.25) is 0 Å². The number of nitrogens with one attached hydrogen (secondary N) is 2. The molecule has 0 saturated heterocycles. The maximum Gasteiger partial charge on any atom is 0.241 e. The number of carbonyl (C=O) groups excluding carboxylic acids is 1. The number of aliphatic hydroxyl groups is 1. The summed E-state index contributed by atoms with van der Waals surface area (Å²) in [6.07, 6.45) is -0.184. The molecule has 0 aliphatic carbocycles. The van der Waals surface area contributed by atoms with E-state index in [1.54, 1.807) is 12.1 Å². The summed E-state index contributed by atoms with van der Waals surface area (Å²) < 4.78 is 13.6. The Balaban J connectivity index is 1.66. The van der Waals surface area contributed by atoms with Crippen molar-refractivity contribution >= 4 is 5.91 Å². The summed E-state index contributed by atoms with van der Waals surface area (Å²) in [5, 5.41) is 16.0. The van der Waals surface area contributed by atoms with Crippen LogP contribution in [0.5, 0.6) is 0 Å². The van der Waals surface area contributed by atoms with Gasteiger partial charge in [-0.1, -0.05) is 42.5 Å². The molecule has 0 aromatic heterocycles. The van der Waals surface area contributed by atoms with E-state index < -0.39 is 18.0 Å². The van der Waals surface area contributed by atoms with Gasteiger partial charge in [0.15, 0.2) is 0 Å². The molecule has 2 aromatic carbocycles. The van der Waals surface area contributed by atoms with Crippen LogP contribution in [0.25, 0.3) is 0 Å². The summed E-state index contributed by atoms with van der Waals surface area (Å²) in [7, 11) is 0. The summed E-state index contributed by atoms with van der Waals surface area (Å²) in [6, 6.07) is 13.4. The summed E-state index contributed by atoms with van der Waals surface area (Å²) in [5.41, 5.74) is 2.29. The van der Waals surface area contributed by atoms with Crippen LogP contribution in [-0.4, -0.2) is 24.1 Å². The molecule has 4 nitrogen and oxygen atoms in total. The van der Waals surface area contributed by atoms with Gasteiger partial charge in [-0.2, -0.15) is 0 Å². The van der Waals surface area contributed by atoms with E-state index in [1.807, 2.05) is 24.3 Å². The molecule has 0 fully saturated rings. The lowest BCUT2D eigenvalue weighted by molar-refractivity contribution is -0.123. The minimum Gasteiger partial charge on any atom is -0.386 e. The van der Waals surface area contributed by atoms with Crippen molar-refractivity contribution in [3.63, 3.8) is 0 Å². The smallest absolute Gasteiger partial charge is 0.241 e. The topological polar surface area (TPSA) is 61.4 Å². The molecule has 0 bridgehead atoms. The van der Waals surface area contributed by atoms with Gasteiger partial charge in [-0.05, 0) is 23.6 Å². The molecule has 3 N–H and O–H groups in total. The molecule has 120 valence electrons. The lowest BCUT2D eigenvalue weighted by atomic mass is 9.94. The minimum atomic E-state index is -1.07. The van der Waals surface area contributed by atoms with Crippen LogP contribution in [-0.2, 0) is 11.2 Å². The predicted octanol–water partition coefficient (Wildman–Crippen LogP) is 1.86. The highest BCUT2D eigenvalue weighted by Gasteiger charge is 2.26. The van der Waals surface area contributed by atoms with Crippen LogP contribution in [0, 0.1) is 5.82 Å². The fourth-order valence-electron chi connectivity index (χ4n) is 2.89. The van der Waals surface area contributed by atoms with Gasteiger partial charge >= 0.3 is 0 Å². The molecular formula is C18H19FN2O2. The van der Waals surface area contributed by atoms with Gasteiger partial charge in [0, 0.05) is 18.7 Å². The lowest BCUT2D eigenvalue weighted by Crippen LogP contribution is -2.42. The highest BCUT2D eigenvalue weighted by atomic mass is 19.1. The molecular weight excluding hydrogens is 295 g/mol. The number of halogens is 1. The van der Waals surface area contributed by atoms with E-state index in [9.17, 15) is 14.3 Å². The summed E-state index contributed by atoms with van der Waals surface area (Å²) in [5.74, 6) is -0.692. The SMILES string of the molecule is O=C(NCC(O)c1ccccc1F)C1NCCc2ccccc21. The Morgan fingerprint density at radius 3 is 2.83 bits per heavy atom. The van der Waals surface area contributed by atoms with Gasteiger partial charge in [-0.15, -0.1) is 0 Å². The molecule has 2 unspecified atom stereocenters. The maximum atomic E-state index is 13.6. The van der Waals surface area contributed by atoms with Crippen molar-refractivity contribution in [3.05, 3.63) is 71.0 Å². The number of fused-ring (bicyclic) bond motifs is 1. The molecule has 5 heteroatoms. The van der Waals surface area contributed by atoms with Crippen LogP contribution in [0.4, 0.5) is 4.39 Å². The summed E-state index contributed by atoms with van der Waals surface area (Å²) in [4.78, 5) is 12.4. The van der Waals surface area contributed by atoms with Gasteiger partial charge in [0.2, 0.25) is 5.91 Å². The van der Waals surface area contributed by atoms with Gasteiger partial charge < -0.3 is 15.7 Å². The van der Waals surface area contributed by atoms with Crippen LogP contribution >= 0.6 is 0 Å². The standard InChI is InChI=1S/C18H19FN2O2/c19-15-8-4-3-7-14(15)16(22)11-21-18(23)17-13-6-2-1-5-12(13)9-10-20-17/h1-8,16-17,20,22H,9-11H2,(H,21,23). The quantitative estimate of drug-likeness (QED) is 0.807. The predicted molar refractivity (Wildman–Crippen MR) is 85.3 cm³/mol. The van der Waals surface area contributed by atoms with E-state index in [-0.39, 0.29) is 18.0 Å². The molecule has 0 spiro atoms. The van der Waals surface area contributed by atoms with Crippen molar-refractivity contribution < 1.29 is 14.3 Å². The van der Waals surface area contributed by atoms with E-state index in [4.69, 9.17) is 0 Å². The highest BCUT2D eigenvalue weighted by molar-refractivity contribution is 5.84. The van der Waals surface area contributed by atoms with Gasteiger partial charge in [-0.3, -0.25) is 4.79 Å². The number of rotatable bonds is 4.